The van der Waals surface area contributed by atoms with E-state index >= 15 is 0 Å². The second-order valence-electron chi connectivity index (χ2n) is 4.65. The predicted molar refractivity (Wildman–Crippen MR) is 110 cm³/mol. The number of carboxylic acid groups (broad SMARTS) is 1. The molecule has 9 heteroatoms. The van der Waals surface area contributed by atoms with Crippen LogP contribution in [0.25, 0.3) is 0 Å². The van der Waals surface area contributed by atoms with Gasteiger partial charge < -0.3 is 20.7 Å². The number of carboxylic acids is 1. The summed E-state index contributed by atoms with van der Waals surface area (Å²) in [5.41, 5.74) is 6.45. The molecule has 3 N–H and O–H groups in total. The first kappa shape index (κ1) is 22.7. The number of ether oxygens (including phenoxy) is 1. The molecule has 0 aliphatic carbocycles. The summed E-state index contributed by atoms with van der Waals surface area (Å²) in [5.74, 6) is 0.144. The molecule has 0 aliphatic heterocycles. The molecule has 0 fully saturated rings. The normalized spacial score (nSPS) is 12.8. The van der Waals surface area contributed by atoms with Gasteiger partial charge in [-0.15, -0.1) is 5.75 Å². The van der Waals surface area contributed by atoms with Crippen LogP contribution in [0.2, 0.25) is 0 Å². The van der Waals surface area contributed by atoms with E-state index in [2.05, 4.69) is 45.2 Å². The fourth-order valence-electron chi connectivity index (χ4n) is 1.80. The molecule has 0 saturated heterocycles. The van der Waals surface area contributed by atoms with Crippen molar-refractivity contribution in [1.29, 1.82) is 0 Å². The zero-order chi connectivity index (χ0) is 17.1. The van der Waals surface area contributed by atoms with Crippen LogP contribution in [0.5, 0.6) is 17.2 Å². The third kappa shape index (κ3) is 5.84. The third-order valence-electron chi connectivity index (χ3n) is 2.99. The van der Waals surface area contributed by atoms with E-state index in [-0.39, 0.29) is 39.2 Å². The molecule has 2 aromatic carbocycles. The Bertz CT molecular complexity index is 704. The Hall–Kier alpha value is 0.660. The maximum Gasteiger partial charge on any atom is 1.00 e. The molecule has 122 valence electrons. The van der Waals surface area contributed by atoms with E-state index in [9.17, 15) is 9.90 Å². The van der Waals surface area contributed by atoms with Gasteiger partial charge in [0.1, 0.15) is 11.8 Å². The van der Waals surface area contributed by atoms with Crippen LogP contribution in [0.1, 0.15) is 9.49 Å². The van der Waals surface area contributed by atoms with Crippen molar-refractivity contribution < 1.29 is 49.3 Å². The Balaban J connectivity index is 0.00000288. The van der Waals surface area contributed by atoms with Gasteiger partial charge in [0.15, 0.2) is 5.75 Å². The number of carbonyl (C=O) groups is 1. The number of hydrogen-bond acceptors (Lipinski definition) is 4. The molecule has 2 atom stereocenters. The van der Waals surface area contributed by atoms with Gasteiger partial charge in [0.2, 0.25) is 0 Å². The summed E-state index contributed by atoms with van der Waals surface area (Å²) in [5, 5.41) is 20.4. The fourth-order valence-corrected chi connectivity index (χ4v) is 4.46. The van der Waals surface area contributed by atoms with E-state index in [0.29, 0.717) is 11.5 Å². The van der Waals surface area contributed by atoms with Gasteiger partial charge in [0.05, 0.1) is 11.1 Å². The molecule has 2 rings (SSSR count). The number of benzene rings is 2. The van der Waals surface area contributed by atoms with Crippen LogP contribution < -0.4 is 45.1 Å². The zero-order valence-electron chi connectivity index (χ0n) is 12.5. The van der Waals surface area contributed by atoms with Crippen LogP contribution in [0.15, 0.2) is 36.4 Å². The molecule has 24 heavy (non-hydrogen) atoms. The van der Waals surface area contributed by atoms with Crippen molar-refractivity contribution in [2.75, 3.05) is 0 Å². The SMILES string of the molecule is N[C@@H](C(=O)O)[C@@H](I)c1ccc(Oc2c(I)cc([O-])cc2I)cc1.[Na+]. The molecular formula is C15H11I3NNaO4. The molecule has 0 saturated carbocycles. The number of nitrogens with two attached hydrogens (primary N) is 1. The standard InChI is InChI=1S/C15H12I3NO4.Na/c16-10-5-8(20)6-11(17)14(10)23-9-3-1-7(2-4-9)12(18)13(19)15(21)22;/h1-6,12-13,20H,19H2,(H,21,22);/q;+1/p-1/t12-,13+;/m0./s1. The van der Waals surface area contributed by atoms with Crippen LogP contribution >= 0.6 is 67.8 Å². The summed E-state index contributed by atoms with van der Waals surface area (Å²) in [7, 11) is 0. The van der Waals surface area contributed by atoms with E-state index in [0.717, 1.165) is 12.7 Å². The Morgan fingerprint density at radius 2 is 1.67 bits per heavy atom. The Kier molecular flexibility index (Phi) is 9.57. The van der Waals surface area contributed by atoms with Crippen LogP contribution in [0, 0.1) is 7.14 Å². The van der Waals surface area contributed by atoms with Gasteiger partial charge in [-0.25, -0.2) is 0 Å². The summed E-state index contributed by atoms with van der Waals surface area (Å²) in [6, 6.07) is 9.15. The second-order valence-corrected chi connectivity index (χ2v) is 8.32. The van der Waals surface area contributed by atoms with E-state index in [4.69, 9.17) is 15.6 Å². The molecule has 5 nitrogen and oxygen atoms in total. The fraction of sp³-hybridized carbons (Fsp3) is 0.133. The monoisotopic (exact) mass is 673 g/mol. The molecule has 0 unspecified atom stereocenters. The van der Waals surface area contributed by atoms with Crippen molar-refractivity contribution in [3.05, 3.63) is 49.1 Å². The number of hydrogen-bond donors (Lipinski definition) is 2. The van der Waals surface area contributed by atoms with Crippen LogP contribution in [-0.2, 0) is 4.79 Å². The first-order chi connectivity index (χ1) is 10.8. The molecular weight excluding hydrogens is 662 g/mol. The summed E-state index contributed by atoms with van der Waals surface area (Å²) in [6.45, 7) is 0. The molecule has 0 radical (unpaired) electrons. The minimum atomic E-state index is -1.04. The Labute approximate surface area is 202 Å². The van der Waals surface area contributed by atoms with Crippen molar-refractivity contribution in [1.82, 2.24) is 0 Å². The van der Waals surface area contributed by atoms with Crippen LogP contribution in [0.3, 0.4) is 0 Å². The van der Waals surface area contributed by atoms with E-state index < -0.39 is 12.0 Å². The second kappa shape index (κ2) is 10.1. The molecule has 0 aliphatic rings. The first-order valence-electron chi connectivity index (χ1n) is 6.36. The number of rotatable bonds is 5. The van der Waals surface area contributed by atoms with Crippen LogP contribution in [-0.4, -0.2) is 17.1 Å². The first-order valence-corrected chi connectivity index (χ1v) is 9.76. The number of alkyl halides is 1. The molecule has 0 heterocycles. The summed E-state index contributed by atoms with van der Waals surface area (Å²) < 4.78 is 6.98. The van der Waals surface area contributed by atoms with Gasteiger partial charge >= 0.3 is 35.5 Å². The average molecular weight is 673 g/mol. The summed E-state index contributed by atoms with van der Waals surface area (Å²) in [4.78, 5) is 10.9. The zero-order valence-corrected chi connectivity index (χ0v) is 21.0. The smallest absolute Gasteiger partial charge is 0.872 e. The van der Waals surface area contributed by atoms with Crippen molar-refractivity contribution in [3.63, 3.8) is 0 Å². The Morgan fingerprint density at radius 3 is 2.12 bits per heavy atom. The van der Waals surface area contributed by atoms with Crippen molar-refractivity contribution in [3.8, 4) is 17.2 Å². The third-order valence-corrected chi connectivity index (χ3v) is 6.09. The number of aliphatic carboxylic acids is 1. The van der Waals surface area contributed by atoms with Crippen molar-refractivity contribution >= 4 is 73.7 Å². The molecule has 2 aromatic rings. The summed E-state index contributed by atoms with van der Waals surface area (Å²) >= 11 is 6.13. The largest absolute Gasteiger partial charge is 1.00 e. The van der Waals surface area contributed by atoms with Crippen molar-refractivity contribution in [2.45, 2.75) is 9.97 Å². The van der Waals surface area contributed by atoms with Gasteiger partial charge in [-0.05, 0) is 62.9 Å². The van der Waals surface area contributed by atoms with Gasteiger partial charge in [0.25, 0.3) is 0 Å². The topological polar surface area (TPSA) is 95.6 Å². The molecule has 0 amide bonds. The minimum Gasteiger partial charge on any atom is -0.872 e. The minimum absolute atomic E-state index is 0. The Morgan fingerprint density at radius 1 is 1.17 bits per heavy atom. The molecule has 0 bridgehead atoms. The number of halogens is 3. The maximum absolute atomic E-state index is 11.4. The van der Waals surface area contributed by atoms with Crippen LogP contribution in [0.4, 0.5) is 0 Å². The van der Waals surface area contributed by atoms with E-state index in [1.165, 1.54) is 12.1 Å². The average Bonchev–Trinajstić information content (AvgIpc) is 2.50. The van der Waals surface area contributed by atoms with E-state index in [1.807, 2.05) is 22.6 Å². The molecule has 0 aromatic heterocycles. The van der Waals surface area contributed by atoms with Gasteiger partial charge in [-0.2, -0.15) is 0 Å². The van der Waals surface area contributed by atoms with Gasteiger partial charge in [-0.3, -0.25) is 4.79 Å². The maximum atomic E-state index is 11.4. The van der Waals surface area contributed by atoms with Crippen molar-refractivity contribution in [2.24, 2.45) is 5.73 Å². The summed E-state index contributed by atoms with van der Waals surface area (Å²) in [6.07, 6.45) is 0. The van der Waals surface area contributed by atoms with Gasteiger partial charge in [0, 0.05) is 0 Å². The molecule has 0 spiro atoms. The predicted octanol–water partition coefficient (Wildman–Crippen LogP) is 0.654. The van der Waals surface area contributed by atoms with Gasteiger partial charge in [-0.1, -0.05) is 46.9 Å². The quantitative estimate of drug-likeness (QED) is 0.277. The van der Waals surface area contributed by atoms with E-state index in [1.54, 1.807) is 24.3 Å².